The second kappa shape index (κ2) is 7.81. The van der Waals surface area contributed by atoms with E-state index < -0.39 is 0 Å². The first-order valence-electron chi connectivity index (χ1n) is 7.94. The van der Waals surface area contributed by atoms with Crippen molar-refractivity contribution in [2.24, 2.45) is 0 Å². The number of carbonyl (C=O) groups is 2. The van der Waals surface area contributed by atoms with Gasteiger partial charge in [-0.05, 0) is 47.2 Å². The van der Waals surface area contributed by atoms with E-state index in [1.54, 1.807) is 24.3 Å². The molecular weight excluding hydrogens is 336 g/mol. The number of hydrogen-bond acceptors (Lipinski definition) is 2. The number of hydrogen-bond donors (Lipinski definition) is 2. The molecule has 0 saturated carbocycles. The van der Waals surface area contributed by atoms with Crippen LogP contribution in [0.2, 0.25) is 5.02 Å². The number of benzene rings is 3. The van der Waals surface area contributed by atoms with Crippen LogP contribution in [0, 0.1) is 0 Å². The SMILES string of the molecule is O=C(CCNC(=O)c1ccc(Cl)cc1)Nc1ccc2ccccc2c1. The highest BCUT2D eigenvalue weighted by Crippen LogP contribution is 2.18. The van der Waals surface area contributed by atoms with Gasteiger partial charge in [0.1, 0.15) is 0 Å². The summed E-state index contributed by atoms with van der Waals surface area (Å²) in [4.78, 5) is 24.0. The molecule has 5 heteroatoms. The van der Waals surface area contributed by atoms with Gasteiger partial charge in [0.05, 0.1) is 0 Å². The monoisotopic (exact) mass is 352 g/mol. The predicted molar refractivity (Wildman–Crippen MR) is 101 cm³/mol. The Morgan fingerprint density at radius 2 is 1.60 bits per heavy atom. The summed E-state index contributed by atoms with van der Waals surface area (Å²) >= 11 is 5.79. The highest BCUT2D eigenvalue weighted by atomic mass is 35.5. The molecule has 0 atom stereocenters. The van der Waals surface area contributed by atoms with E-state index in [4.69, 9.17) is 11.6 Å². The highest BCUT2D eigenvalue weighted by Gasteiger charge is 2.07. The fourth-order valence-corrected chi connectivity index (χ4v) is 2.61. The lowest BCUT2D eigenvalue weighted by atomic mass is 10.1. The summed E-state index contributed by atoms with van der Waals surface area (Å²) in [6.07, 6.45) is 0.201. The quantitative estimate of drug-likeness (QED) is 0.721. The van der Waals surface area contributed by atoms with Gasteiger partial charge in [0, 0.05) is 29.2 Å². The zero-order valence-electron chi connectivity index (χ0n) is 13.5. The third-order valence-electron chi connectivity index (χ3n) is 3.78. The molecule has 25 heavy (non-hydrogen) atoms. The largest absolute Gasteiger partial charge is 0.352 e. The van der Waals surface area contributed by atoms with E-state index in [1.165, 1.54) is 0 Å². The number of carbonyl (C=O) groups excluding carboxylic acids is 2. The summed E-state index contributed by atoms with van der Waals surface area (Å²) in [6, 6.07) is 20.3. The van der Waals surface area contributed by atoms with E-state index in [-0.39, 0.29) is 24.8 Å². The third-order valence-corrected chi connectivity index (χ3v) is 4.03. The summed E-state index contributed by atoms with van der Waals surface area (Å²) in [7, 11) is 0. The molecule has 0 aromatic heterocycles. The zero-order chi connectivity index (χ0) is 17.6. The maximum atomic E-state index is 12.0. The molecule has 0 unspecified atom stereocenters. The number of halogens is 1. The van der Waals surface area contributed by atoms with E-state index in [0.29, 0.717) is 10.6 Å². The molecule has 2 amide bonds. The smallest absolute Gasteiger partial charge is 0.251 e. The minimum absolute atomic E-state index is 0.147. The number of nitrogens with one attached hydrogen (secondary N) is 2. The van der Waals surface area contributed by atoms with Crippen LogP contribution in [-0.4, -0.2) is 18.4 Å². The minimum atomic E-state index is -0.227. The summed E-state index contributed by atoms with van der Waals surface area (Å²) in [5.74, 6) is -0.373. The molecule has 0 saturated heterocycles. The second-order valence-electron chi connectivity index (χ2n) is 5.62. The van der Waals surface area contributed by atoms with E-state index >= 15 is 0 Å². The normalized spacial score (nSPS) is 10.4. The number of fused-ring (bicyclic) bond motifs is 1. The maximum Gasteiger partial charge on any atom is 0.251 e. The van der Waals surface area contributed by atoms with Gasteiger partial charge in [-0.3, -0.25) is 9.59 Å². The number of amides is 2. The molecule has 126 valence electrons. The molecule has 2 N–H and O–H groups in total. The van der Waals surface area contributed by atoms with E-state index in [0.717, 1.165) is 16.5 Å². The first-order valence-corrected chi connectivity index (χ1v) is 8.32. The van der Waals surface area contributed by atoms with Crippen LogP contribution in [0.4, 0.5) is 5.69 Å². The molecular formula is C20H17ClN2O2. The Balaban J connectivity index is 1.50. The molecule has 0 aliphatic heterocycles. The molecule has 3 rings (SSSR count). The van der Waals surface area contributed by atoms with Gasteiger partial charge in [0.25, 0.3) is 5.91 Å². The van der Waals surface area contributed by atoms with Crippen molar-refractivity contribution in [2.75, 3.05) is 11.9 Å². The van der Waals surface area contributed by atoms with Crippen molar-refractivity contribution >= 4 is 39.9 Å². The van der Waals surface area contributed by atoms with Crippen molar-refractivity contribution in [3.8, 4) is 0 Å². The average Bonchev–Trinajstić information content (AvgIpc) is 2.62. The Labute approximate surface area is 150 Å². The van der Waals surface area contributed by atoms with Crippen molar-refractivity contribution in [1.82, 2.24) is 5.32 Å². The van der Waals surface area contributed by atoms with Crippen LogP contribution in [0.3, 0.4) is 0 Å². The number of rotatable bonds is 5. The summed E-state index contributed by atoms with van der Waals surface area (Å²) < 4.78 is 0. The lowest BCUT2D eigenvalue weighted by Gasteiger charge is -2.08. The van der Waals surface area contributed by atoms with Gasteiger partial charge in [-0.15, -0.1) is 0 Å². The van der Waals surface area contributed by atoms with Gasteiger partial charge < -0.3 is 10.6 Å². The molecule has 0 heterocycles. The Morgan fingerprint density at radius 3 is 2.36 bits per heavy atom. The standard InChI is InChI=1S/C20H17ClN2O2/c21-17-8-5-15(6-9-17)20(25)22-12-11-19(24)23-18-10-7-14-3-1-2-4-16(14)13-18/h1-10,13H,11-12H2,(H,22,25)(H,23,24). The molecule has 0 bridgehead atoms. The molecule has 0 radical (unpaired) electrons. The Kier molecular flexibility index (Phi) is 5.31. The number of anilines is 1. The van der Waals surface area contributed by atoms with Crippen LogP contribution >= 0.6 is 11.6 Å². The van der Waals surface area contributed by atoms with E-state index in [2.05, 4.69) is 10.6 Å². The first kappa shape index (κ1) is 17.0. The highest BCUT2D eigenvalue weighted by molar-refractivity contribution is 6.30. The van der Waals surface area contributed by atoms with Crippen LogP contribution in [0.1, 0.15) is 16.8 Å². The molecule has 0 spiro atoms. The fraction of sp³-hybridized carbons (Fsp3) is 0.100. The van der Waals surface area contributed by atoms with E-state index in [9.17, 15) is 9.59 Å². The second-order valence-corrected chi connectivity index (χ2v) is 6.06. The fourth-order valence-electron chi connectivity index (χ4n) is 2.48. The minimum Gasteiger partial charge on any atom is -0.352 e. The molecule has 0 fully saturated rings. The third kappa shape index (κ3) is 4.58. The van der Waals surface area contributed by atoms with Gasteiger partial charge in [-0.2, -0.15) is 0 Å². The molecule has 4 nitrogen and oxygen atoms in total. The van der Waals surface area contributed by atoms with Gasteiger partial charge in [-0.25, -0.2) is 0 Å². The van der Waals surface area contributed by atoms with Crippen LogP contribution in [-0.2, 0) is 4.79 Å². The first-order chi connectivity index (χ1) is 12.1. The molecule has 3 aromatic carbocycles. The van der Waals surface area contributed by atoms with Crippen LogP contribution < -0.4 is 10.6 Å². The van der Waals surface area contributed by atoms with Crippen LogP contribution in [0.15, 0.2) is 66.7 Å². The van der Waals surface area contributed by atoms with Crippen molar-refractivity contribution in [1.29, 1.82) is 0 Å². The van der Waals surface area contributed by atoms with Gasteiger partial charge >= 0.3 is 0 Å². The van der Waals surface area contributed by atoms with Crippen molar-refractivity contribution < 1.29 is 9.59 Å². The molecule has 0 aliphatic rings. The lowest BCUT2D eigenvalue weighted by molar-refractivity contribution is -0.116. The Hall–Kier alpha value is -2.85. The average molecular weight is 353 g/mol. The van der Waals surface area contributed by atoms with Gasteiger partial charge in [0.2, 0.25) is 5.91 Å². The summed E-state index contributed by atoms with van der Waals surface area (Å²) in [5, 5.41) is 8.33. The zero-order valence-corrected chi connectivity index (χ0v) is 14.2. The Morgan fingerprint density at radius 1 is 0.880 bits per heavy atom. The molecule has 3 aromatic rings. The van der Waals surface area contributed by atoms with Crippen LogP contribution in [0.25, 0.3) is 10.8 Å². The van der Waals surface area contributed by atoms with Gasteiger partial charge in [-0.1, -0.05) is 41.9 Å². The summed E-state index contributed by atoms with van der Waals surface area (Å²) in [6.45, 7) is 0.265. The van der Waals surface area contributed by atoms with Crippen molar-refractivity contribution in [2.45, 2.75) is 6.42 Å². The van der Waals surface area contributed by atoms with Crippen LogP contribution in [0.5, 0.6) is 0 Å². The topological polar surface area (TPSA) is 58.2 Å². The van der Waals surface area contributed by atoms with E-state index in [1.807, 2.05) is 42.5 Å². The van der Waals surface area contributed by atoms with Gasteiger partial charge in [0.15, 0.2) is 0 Å². The Bertz CT molecular complexity index is 907. The lowest BCUT2D eigenvalue weighted by Crippen LogP contribution is -2.27. The van der Waals surface area contributed by atoms with Crippen molar-refractivity contribution in [3.05, 3.63) is 77.3 Å². The van der Waals surface area contributed by atoms with Crippen molar-refractivity contribution in [3.63, 3.8) is 0 Å². The predicted octanol–water partition coefficient (Wildman–Crippen LogP) is 4.25. The maximum absolute atomic E-state index is 12.0. The summed E-state index contributed by atoms with van der Waals surface area (Å²) in [5.41, 5.74) is 1.26. The molecule has 0 aliphatic carbocycles.